The first-order chi connectivity index (χ1) is 27.0. The molecular weight excluding hydrogens is 683 g/mol. The van der Waals surface area contributed by atoms with Crippen LogP contribution in [0.1, 0.15) is 278 Å². The number of amides is 1. The number of rotatable bonds is 45. The van der Waals surface area contributed by atoms with Crippen molar-refractivity contribution in [2.45, 2.75) is 296 Å². The van der Waals surface area contributed by atoms with E-state index in [-0.39, 0.29) is 24.9 Å². The molecule has 6 nitrogen and oxygen atoms in total. The largest absolute Gasteiger partial charge is 0.462 e. The summed E-state index contributed by atoms with van der Waals surface area (Å²) >= 11 is 0. The number of carbonyl (C=O) groups excluding carboxylic acids is 2. The minimum atomic E-state index is -0.777. The summed E-state index contributed by atoms with van der Waals surface area (Å²) in [4.78, 5) is 26.0. The van der Waals surface area contributed by atoms with Gasteiger partial charge in [-0.05, 0) is 25.7 Å². The Morgan fingerprint density at radius 1 is 0.455 bits per heavy atom. The highest BCUT2D eigenvalue weighted by molar-refractivity contribution is 5.77. The highest BCUT2D eigenvalue weighted by Crippen LogP contribution is 2.18. The van der Waals surface area contributed by atoms with Gasteiger partial charge in [0.15, 0.2) is 0 Å². The van der Waals surface area contributed by atoms with E-state index in [1.54, 1.807) is 0 Å². The first kappa shape index (κ1) is 53.9. The first-order valence-electron chi connectivity index (χ1n) is 24.8. The minimum absolute atomic E-state index is 0.0873. The number of ether oxygens (including phenoxy) is 1. The number of hydrogen-bond donors (Lipinski definition) is 3. The van der Waals surface area contributed by atoms with E-state index in [2.05, 4.69) is 26.1 Å². The third kappa shape index (κ3) is 39.5. The Balaban J connectivity index is 4.53. The summed E-state index contributed by atoms with van der Waals surface area (Å²) in [5.74, 6) is -0.454. The summed E-state index contributed by atoms with van der Waals surface area (Å²) < 4.78 is 5.93. The summed E-state index contributed by atoms with van der Waals surface area (Å²) in [6.07, 6.45) is 45.9. The first-order valence-corrected chi connectivity index (χ1v) is 24.8. The molecule has 0 saturated carbocycles. The van der Waals surface area contributed by atoms with Crippen LogP contribution in [0, 0.1) is 0 Å². The van der Waals surface area contributed by atoms with Crippen molar-refractivity contribution in [1.82, 2.24) is 5.32 Å². The molecule has 3 unspecified atom stereocenters. The van der Waals surface area contributed by atoms with Crippen LogP contribution in [-0.4, -0.2) is 46.9 Å². The SMILES string of the molecule is CCCCCCCCCCCCCCCCC(CC(=O)NC(CO)C(O)CCCCCCCCCCC)OC(=O)CCCCCCCCCCCCCCC. The highest BCUT2D eigenvalue weighted by Gasteiger charge is 2.24. The summed E-state index contributed by atoms with van der Waals surface area (Å²) in [6, 6.07) is -0.690. The zero-order chi connectivity index (χ0) is 40.3. The molecule has 0 heterocycles. The maximum absolute atomic E-state index is 13.1. The van der Waals surface area contributed by atoms with Crippen LogP contribution in [0.25, 0.3) is 0 Å². The van der Waals surface area contributed by atoms with E-state index in [0.717, 1.165) is 38.5 Å². The maximum atomic E-state index is 13.1. The van der Waals surface area contributed by atoms with Crippen molar-refractivity contribution in [3.63, 3.8) is 0 Å². The Bertz CT molecular complexity index is 791. The Kier molecular flexibility index (Phi) is 43.1. The molecular formula is C49H97NO5. The number of carbonyl (C=O) groups is 2. The molecule has 0 aromatic rings. The van der Waals surface area contributed by atoms with Crippen molar-refractivity contribution in [3.05, 3.63) is 0 Å². The van der Waals surface area contributed by atoms with Crippen LogP contribution in [0.3, 0.4) is 0 Å². The van der Waals surface area contributed by atoms with Gasteiger partial charge in [0.05, 0.1) is 25.2 Å². The predicted molar refractivity (Wildman–Crippen MR) is 237 cm³/mol. The van der Waals surface area contributed by atoms with Gasteiger partial charge in [-0.1, -0.05) is 239 Å². The van der Waals surface area contributed by atoms with Crippen LogP contribution in [-0.2, 0) is 14.3 Å². The fourth-order valence-corrected chi connectivity index (χ4v) is 7.90. The van der Waals surface area contributed by atoms with Crippen LogP contribution >= 0.6 is 0 Å². The molecule has 0 saturated heterocycles. The number of hydrogen-bond acceptors (Lipinski definition) is 5. The van der Waals surface area contributed by atoms with Crippen molar-refractivity contribution in [2.24, 2.45) is 0 Å². The molecule has 1 amide bonds. The summed E-state index contributed by atoms with van der Waals surface area (Å²) in [5, 5.41) is 23.6. The second kappa shape index (κ2) is 44.0. The Morgan fingerprint density at radius 3 is 1.11 bits per heavy atom. The number of unbranched alkanes of at least 4 members (excludes halogenated alkanes) is 33. The van der Waals surface area contributed by atoms with E-state index in [4.69, 9.17) is 4.74 Å². The summed E-state index contributed by atoms with van der Waals surface area (Å²) in [6.45, 7) is 6.48. The average Bonchev–Trinajstić information content (AvgIpc) is 3.18. The van der Waals surface area contributed by atoms with E-state index in [9.17, 15) is 19.8 Å². The van der Waals surface area contributed by atoms with Crippen LogP contribution in [0.5, 0.6) is 0 Å². The Morgan fingerprint density at radius 2 is 0.764 bits per heavy atom. The highest BCUT2D eigenvalue weighted by atomic mass is 16.5. The fourth-order valence-electron chi connectivity index (χ4n) is 7.90. The fraction of sp³-hybridized carbons (Fsp3) is 0.959. The second-order valence-corrected chi connectivity index (χ2v) is 17.2. The van der Waals surface area contributed by atoms with E-state index in [1.165, 1.54) is 193 Å². The molecule has 0 bridgehead atoms. The molecule has 328 valence electrons. The molecule has 0 radical (unpaired) electrons. The monoisotopic (exact) mass is 780 g/mol. The van der Waals surface area contributed by atoms with Gasteiger partial charge in [-0.25, -0.2) is 0 Å². The third-order valence-corrected chi connectivity index (χ3v) is 11.7. The van der Waals surface area contributed by atoms with Crippen LogP contribution in [0.2, 0.25) is 0 Å². The van der Waals surface area contributed by atoms with Crippen LogP contribution < -0.4 is 5.32 Å². The lowest BCUT2D eigenvalue weighted by atomic mass is 10.0. The lowest BCUT2D eigenvalue weighted by molar-refractivity contribution is -0.151. The van der Waals surface area contributed by atoms with Crippen molar-refractivity contribution in [2.75, 3.05) is 6.61 Å². The molecule has 0 fully saturated rings. The maximum Gasteiger partial charge on any atom is 0.306 e. The molecule has 0 aliphatic rings. The van der Waals surface area contributed by atoms with Crippen LogP contribution in [0.15, 0.2) is 0 Å². The van der Waals surface area contributed by atoms with E-state index >= 15 is 0 Å². The molecule has 0 aromatic carbocycles. The van der Waals surface area contributed by atoms with Gasteiger partial charge in [0, 0.05) is 6.42 Å². The van der Waals surface area contributed by atoms with Gasteiger partial charge < -0.3 is 20.3 Å². The zero-order valence-corrected chi connectivity index (χ0v) is 37.3. The molecule has 0 rings (SSSR count). The summed E-state index contributed by atoms with van der Waals surface area (Å²) in [5.41, 5.74) is 0. The molecule has 3 atom stereocenters. The third-order valence-electron chi connectivity index (χ3n) is 11.7. The van der Waals surface area contributed by atoms with Gasteiger partial charge in [0.25, 0.3) is 0 Å². The number of nitrogens with one attached hydrogen (secondary N) is 1. The van der Waals surface area contributed by atoms with E-state index in [1.807, 2.05) is 0 Å². The zero-order valence-electron chi connectivity index (χ0n) is 37.3. The molecule has 0 aliphatic carbocycles. The summed E-state index contributed by atoms with van der Waals surface area (Å²) in [7, 11) is 0. The standard InChI is InChI=1S/C49H97NO5/c1-4-7-10-13-16-19-21-23-25-26-29-31-34-37-40-45(55-49(54)42-39-36-33-30-27-24-22-20-17-14-11-8-5-2)43-48(53)50-46(44-51)47(52)41-38-35-32-28-18-15-12-9-6-3/h45-47,51-52H,4-44H2,1-3H3,(H,50,53). The molecule has 0 aliphatic heterocycles. The Hall–Kier alpha value is -1.14. The normalized spacial score (nSPS) is 13.2. The Labute approximate surface area is 343 Å². The molecule has 55 heavy (non-hydrogen) atoms. The van der Waals surface area contributed by atoms with Crippen LogP contribution in [0.4, 0.5) is 0 Å². The molecule has 0 aromatic heterocycles. The van der Waals surface area contributed by atoms with Crippen molar-refractivity contribution >= 4 is 11.9 Å². The van der Waals surface area contributed by atoms with Gasteiger partial charge in [-0.3, -0.25) is 9.59 Å². The van der Waals surface area contributed by atoms with Gasteiger partial charge in [-0.2, -0.15) is 0 Å². The predicted octanol–water partition coefficient (Wildman–Crippen LogP) is 14.4. The molecule has 6 heteroatoms. The van der Waals surface area contributed by atoms with Crippen molar-refractivity contribution < 1.29 is 24.5 Å². The number of esters is 1. The quantitative estimate of drug-likeness (QED) is 0.0422. The topological polar surface area (TPSA) is 95.9 Å². The molecule has 3 N–H and O–H groups in total. The molecule has 0 spiro atoms. The van der Waals surface area contributed by atoms with Crippen molar-refractivity contribution in [1.29, 1.82) is 0 Å². The second-order valence-electron chi connectivity index (χ2n) is 17.2. The van der Waals surface area contributed by atoms with Gasteiger partial charge in [0.2, 0.25) is 5.91 Å². The van der Waals surface area contributed by atoms with Crippen molar-refractivity contribution in [3.8, 4) is 0 Å². The lowest BCUT2D eigenvalue weighted by Gasteiger charge is -2.24. The van der Waals surface area contributed by atoms with Gasteiger partial charge in [0.1, 0.15) is 6.10 Å². The lowest BCUT2D eigenvalue weighted by Crippen LogP contribution is -2.46. The number of aliphatic hydroxyl groups is 2. The average molecular weight is 780 g/mol. The van der Waals surface area contributed by atoms with E-state index in [0.29, 0.717) is 19.3 Å². The van der Waals surface area contributed by atoms with Gasteiger partial charge >= 0.3 is 5.97 Å². The smallest absolute Gasteiger partial charge is 0.306 e. The van der Waals surface area contributed by atoms with Gasteiger partial charge in [-0.15, -0.1) is 0 Å². The minimum Gasteiger partial charge on any atom is -0.462 e. The van der Waals surface area contributed by atoms with E-state index < -0.39 is 18.2 Å². The number of aliphatic hydroxyl groups excluding tert-OH is 2.